The number of carbonyl (C=O) groups is 2. The largest absolute Gasteiger partial charge is 0.466 e. The van der Waals surface area contributed by atoms with Gasteiger partial charge in [-0.05, 0) is 62.1 Å². The number of benzene rings is 1. The molecule has 0 aliphatic carbocycles. The van der Waals surface area contributed by atoms with Crippen molar-refractivity contribution in [3.63, 3.8) is 0 Å². The van der Waals surface area contributed by atoms with Crippen molar-refractivity contribution >= 4 is 22.9 Å². The fourth-order valence-corrected chi connectivity index (χ4v) is 3.98. The summed E-state index contributed by atoms with van der Waals surface area (Å²) in [5.41, 5.74) is 10.2. The lowest BCUT2D eigenvalue weighted by Crippen LogP contribution is -2.31. The first kappa shape index (κ1) is 23.3. The minimum atomic E-state index is -0.891. The number of pyridine rings is 1. The van der Waals surface area contributed by atoms with Crippen LogP contribution in [0.2, 0.25) is 0 Å². The molecule has 2 amide bonds. The van der Waals surface area contributed by atoms with Gasteiger partial charge in [0, 0.05) is 41.8 Å². The molecule has 2 heterocycles. The fourth-order valence-electron chi connectivity index (χ4n) is 3.98. The molecule has 8 nitrogen and oxygen atoms in total. The molecule has 2 aromatic heterocycles. The number of nitrogens with zero attached hydrogens (tertiary/aromatic N) is 3. The number of amides is 2. The zero-order valence-electron chi connectivity index (χ0n) is 18.6. The summed E-state index contributed by atoms with van der Waals surface area (Å²) in [6, 6.07) is 8.93. The summed E-state index contributed by atoms with van der Waals surface area (Å²) in [5, 5.41) is 11.3. The zero-order valence-corrected chi connectivity index (χ0v) is 18.6. The maximum atomic E-state index is 11.6. The number of hydrogen-bond donors (Lipinski definition) is 2. The lowest BCUT2D eigenvalue weighted by molar-refractivity contribution is -0.143. The molecule has 0 spiro atoms. The van der Waals surface area contributed by atoms with Crippen molar-refractivity contribution in [1.29, 1.82) is 0 Å². The van der Waals surface area contributed by atoms with E-state index < -0.39 is 6.03 Å². The van der Waals surface area contributed by atoms with E-state index in [1.54, 1.807) is 6.20 Å². The first-order chi connectivity index (χ1) is 15.4. The first-order valence-electron chi connectivity index (χ1n) is 10.9. The molecule has 32 heavy (non-hydrogen) atoms. The fraction of sp³-hybridized carbons (Fsp3) is 0.375. The molecule has 1 aromatic carbocycles. The van der Waals surface area contributed by atoms with Crippen molar-refractivity contribution in [3.05, 3.63) is 53.9 Å². The van der Waals surface area contributed by atoms with E-state index in [0.29, 0.717) is 18.1 Å². The molecule has 0 bridgehead atoms. The minimum absolute atomic E-state index is 0.0198. The van der Waals surface area contributed by atoms with Gasteiger partial charge >= 0.3 is 12.0 Å². The number of rotatable bonds is 10. The van der Waals surface area contributed by atoms with E-state index >= 15 is 0 Å². The van der Waals surface area contributed by atoms with Crippen molar-refractivity contribution in [2.45, 2.75) is 52.6 Å². The van der Waals surface area contributed by atoms with Crippen LogP contribution in [0.25, 0.3) is 22.2 Å². The van der Waals surface area contributed by atoms with Crippen molar-refractivity contribution in [3.8, 4) is 11.3 Å². The molecule has 0 fully saturated rings. The highest BCUT2D eigenvalue weighted by molar-refractivity contribution is 5.92. The predicted molar refractivity (Wildman–Crippen MR) is 122 cm³/mol. The lowest BCUT2D eigenvalue weighted by Gasteiger charge is -2.13. The number of fused-ring (bicyclic) bond motifs is 1. The number of carbonyl (C=O) groups excluding carboxylic acids is 2. The van der Waals surface area contributed by atoms with Crippen molar-refractivity contribution in [2.75, 3.05) is 6.61 Å². The number of hydroxylamine groups is 2. The van der Waals surface area contributed by atoms with Crippen LogP contribution < -0.4 is 5.73 Å². The Hall–Kier alpha value is -3.39. The van der Waals surface area contributed by atoms with E-state index in [4.69, 9.17) is 10.5 Å². The molecule has 0 unspecified atom stereocenters. The van der Waals surface area contributed by atoms with Gasteiger partial charge in [0.05, 0.1) is 18.8 Å². The number of esters is 1. The summed E-state index contributed by atoms with van der Waals surface area (Å²) >= 11 is 0. The number of aryl methyl sites for hydroxylation is 2. The molecule has 3 aromatic rings. The second kappa shape index (κ2) is 10.8. The normalized spacial score (nSPS) is 11.0. The smallest absolute Gasteiger partial charge is 0.338 e. The standard InChI is InChI=1S/C24H30N4O4/c1-3-32-22(29)9-5-4-6-13-27-21-11-10-18(16-28(31)24(25)30)14-20(21)17(2)23(27)19-8-7-12-26-15-19/h7-8,10-12,14-15,31H,3-6,9,13,16H2,1-2H3,(H2,25,30). The molecule has 0 radical (unpaired) electrons. The van der Waals surface area contributed by atoms with Gasteiger partial charge in [0.2, 0.25) is 0 Å². The Morgan fingerprint density at radius 3 is 2.72 bits per heavy atom. The van der Waals surface area contributed by atoms with Crippen molar-refractivity contribution in [2.24, 2.45) is 5.73 Å². The third-order valence-electron chi connectivity index (χ3n) is 5.47. The molecule has 0 saturated heterocycles. The lowest BCUT2D eigenvalue weighted by atomic mass is 10.1. The number of unbranched alkanes of at least 4 members (excludes halogenated alkanes) is 2. The molecule has 3 N–H and O–H groups in total. The molecule has 0 aliphatic rings. The van der Waals surface area contributed by atoms with Gasteiger partial charge in [0.15, 0.2) is 0 Å². The van der Waals surface area contributed by atoms with E-state index in [2.05, 4.69) is 16.5 Å². The number of ether oxygens (including phenoxy) is 1. The third-order valence-corrected chi connectivity index (χ3v) is 5.47. The second-order valence-electron chi connectivity index (χ2n) is 7.73. The molecular weight excluding hydrogens is 408 g/mol. The Bertz CT molecular complexity index is 1080. The summed E-state index contributed by atoms with van der Waals surface area (Å²) in [5.74, 6) is -0.146. The monoisotopic (exact) mass is 438 g/mol. The average Bonchev–Trinajstić information content (AvgIpc) is 3.05. The van der Waals surface area contributed by atoms with E-state index in [-0.39, 0.29) is 12.5 Å². The maximum absolute atomic E-state index is 11.6. The Kier molecular flexibility index (Phi) is 7.83. The summed E-state index contributed by atoms with van der Waals surface area (Å²) in [4.78, 5) is 27.0. The highest BCUT2D eigenvalue weighted by Crippen LogP contribution is 2.34. The topological polar surface area (TPSA) is 111 Å². The van der Waals surface area contributed by atoms with Crippen LogP contribution in [0.3, 0.4) is 0 Å². The molecule has 3 rings (SSSR count). The SMILES string of the molecule is CCOC(=O)CCCCCn1c(-c2cccnc2)c(C)c2cc(CN(O)C(N)=O)ccc21. The second-order valence-corrected chi connectivity index (χ2v) is 7.73. The van der Waals surface area contributed by atoms with Gasteiger partial charge in [-0.25, -0.2) is 9.86 Å². The Balaban J connectivity index is 1.87. The maximum Gasteiger partial charge on any atom is 0.338 e. The van der Waals surface area contributed by atoms with Gasteiger partial charge in [0.1, 0.15) is 0 Å². The Morgan fingerprint density at radius 2 is 2.03 bits per heavy atom. The van der Waals surface area contributed by atoms with Gasteiger partial charge in [-0.2, -0.15) is 0 Å². The van der Waals surface area contributed by atoms with Crippen LogP contribution >= 0.6 is 0 Å². The van der Waals surface area contributed by atoms with Gasteiger partial charge in [-0.15, -0.1) is 0 Å². The van der Waals surface area contributed by atoms with Crippen LogP contribution in [0.5, 0.6) is 0 Å². The predicted octanol–water partition coefficient (Wildman–Crippen LogP) is 4.41. The van der Waals surface area contributed by atoms with Crippen molar-refractivity contribution in [1.82, 2.24) is 14.6 Å². The van der Waals surface area contributed by atoms with Gasteiger partial charge < -0.3 is 15.0 Å². The Labute approximate surface area is 187 Å². The average molecular weight is 439 g/mol. The summed E-state index contributed by atoms with van der Waals surface area (Å²) in [6.45, 7) is 5.11. The highest BCUT2D eigenvalue weighted by Gasteiger charge is 2.17. The van der Waals surface area contributed by atoms with Crippen LogP contribution in [0.1, 0.15) is 43.7 Å². The van der Waals surface area contributed by atoms with E-state index in [0.717, 1.165) is 59.1 Å². The summed E-state index contributed by atoms with van der Waals surface area (Å²) < 4.78 is 7.28. The number of urea groups is 1. The van der Waals surface area contributed by atoms with Gasteiger partial charge in [0.25, 0.3) is 0 Å². The van der Waals surface area contributed by atoms with Crippen LogP contribution in [-0.4, -0.2) is 38.4 Å². The van der Waals surface area contributed by atoms with E-state index in [1.165, 1.54) is 0 Å². The molecular formula is C24H30N4O4. The Morgan fingerprint density at radius 1 is 1.22 bits per heavy atom. The van der Waals surface area contributed by atoms with Gasteiger partial charge in [-0.3, -0.25) is 15.0 Å². The molecule has 0 aliphatic heterocycles. The van der Waals surface area contributed by atoms with E-state index in [1.807, 2.05) is 43.5 Å². The van der Waals surface area contributed by atoms with Crippen LogP contribution in [0, 0.1) is 6.92 Å². The number of hydrogen-bond acceptors (Lipinski definition) is 5. The molecule has 170 valence electrons. The third kappa shape index (κ3) is 5.45. The van der Waals surface area contributed by atoms with Crippen molar-refractivity contribution < 1.29 is 19.5 Å². The first-order valence-corrected chi connectivity index (χ1v) is 10.9. The van der Waals surface area contributed by atoms with Crippen LogP contribution in [0.15, 0.2) is 42.7 Å². The number of nitrogens with two attached hydrogens (primary N) is 1. The van der Waals surface area contributed by atoms with Crippen LogP contribution in [-0.2, 0) is 22.6 Å². The quantitative estimate of drug-likeness (QED) is 0.211. The zero-order chi connectivity index (χ0) is 23.1. The molecule has 0 saturated carbocycles. The number of aromatic nitrogens is 2. The molecule has 0 atom stereocenters. The number of primary amides is 1. The van der Waals surface area contributed by atoms with E-state index in [9.17, 15) is 14.8 Å². The summed E-state index contributed by atoms with van der Waals surface area (Å²) in [7, 11) is 0. The molecule has 8 heteroatoms. The summed E-state index contributed by atoms with van der Waals surface area (Å²) in [6.07, 6.45) is 6.67. The highest BCUT2D eigenvalue weighted by atomic mass is 16.5. The van der Waals surface area contributed by atoms with Crippen LogP contribution in [0.4, 0.5) is 4.79 Å². The minimum Gasteiger partial charge on any atom is -0.466 e. The van der Waals surface area contributed by atoms with Gasteiger partial charge in [-0.1, -0.05) is 12.5 Å².